The Morgan fingerprint density at radius 1 is 1.18 bits per heavy atom. The van der Waals surface area contributed by atoms with Gasteiger partial charge in [-0.2, -0.15) is 3.71 Å². The zero-order valence-corrected chi connectivity index (χ0v) is 14.8. The van der Waals surface area contributed by atoms with E-state index in [2.05, 4.69) is 30.4 Å². The standard InChI is InChI=1S/C11H19N3O5S3/c1-3-13(4-2)11(20)19-9(16)7(12)5-6-8(15)18-10(17)14(21)22/h7,21-22H,3-6,12H2,1-2H3/t7-/m0/s1. The highest BCUT2D eigenvalue weighted by atomic mass is 32.2. The number of rotatable bonds is 6. The van der Waals surface area contributed by atoms with E-state index in [1.807, 2.05) is 13.8 Å². The maximum Gasteiger partial charge on any atom is 0.437 e. The number of hydrogen-bond acceptors (Lipinski definition) is 9. The first kappa shape index (κ1) is 21.0. The van der Waals surface area contributed by atoms with Crippen molar-refractivity contribution in [3.05, 3.63) is 0 Å². The summed E-state index contributed by atoms with van der Waals surface area (Å²) in [5, 5.41) is 0.0315. The maximum absolute atomic E-state index is 11.7. The third-order valence-corrected chi connectivity index (χ3v) is 3.20. The molecule has 1 atom stereocenters. The van der Waals surface area contributed by atoms with Gasteiger partial charge >= 0.3 is 18.0 Å². The summed E-state index contributed by atoms with van der Waals surface area (Å²) < 4.78 is 9.81. The van der Waals surface area contributed by atoms with Gasteiger partial charge in [0.1, 0.15) is 6.04 Å². The maximum atomic E-state index is 11.7. The molecule has 1 amide bonds. The second-order valence-electron chi connectivity index (χ2n) is 4.03. The first-order valence-corrected chi connectivity index (χ1v) is 7.62. The lowest BCUT2D eigenvalue weighted by Crippen LogP contribution is -2.39. The van der Waals surface area contributed by atoms with Crippen LogP contribution in [0, 0.1) is 0 Å². The molecule has 0 aliphatic heterocycles. The van der Waals surface area contributed by atoms with Crippen molar-refractivity contribution in [1.29, 1.82) is 0 Å². The van der Waals surface area contributed by atoms with E-state index >= 15 is 0 Å². The number of thiocarbonyl (C=S) groups is 1. The number of nitrogens with zero attached hydrogens (tertiary/aromatic N) is 2. The number of carbonyl (C=O) groups is 3. The molecule has 0 aromatic heterocycles. The molecule has 8 nitrogen and oxygen atoms in total. The summed E-state index contributed by atoms with van der Waals surface area (Å²) in [6.07, 6.45) is -1.34. The van der Waals surface area contributed by atoms with Gasteiger partial charge in [-0.25, -0.2) is 9.59 Å². The third kappa shape index (κ3) is 7.82. The van der Waals surface area contributed by atoms with Crippen LogP contribution in [0.1, 0.15) is 26.7 Å². The highest BCUT2D eigenvalue weighted by molar-refractivity contribution is 7.94. The van der Waals surface area contributed by atoms with E-state index in [9.17, 15) is 14.4 Å². The second-order valence-corrected chi connectivity index (χ2v) is 5.50. The van der Waals surface area contributed by atoms with Crippen LogP contribution in [-0.4, -0.2) is 50.9 Å². The van der Waals surface area contributed by atoms with Crippen molar-refractivity contribution < 1.29 is 23.9 Å². The number of nitrogens with two attached hydrogens (primary N) is 1. The minimum Gasteiger partial charge on any atom is -0.398 e. The molecule has 0 rings (SSSR count). The molecule has 0 spiro atoms. The minimum atomic E-state index is -1.06. The highest BCUT2D eigenvalue weighted by Gasteiger charge is 2.22. The van der Waals surface area contributed by atoms with Crippen molar-refractivity contribution in [1.82, 2.24) is 8.61 Å². The summed E-state index contributed by atoms with van der Waals surface area (Å²) in [6, 6.07) is -1.06. The number of hydrogen-bond donors (Lipinski definition) is 3. The van der Waals surface area contributed by atoms with Gasteiger partial charge in [-0.1, -0.05) is 0 Å². The summed E-state index contributed by atoms with van der Waals surface area (Å²) in [7, 11) is 0. The zero-order chi connectivity index (χ0) is 17.3. The SMILES string of the molecule is CCN(CC)C(=S)OC(=O)[C@@H](N)CCC(=O)OC(=O)N(S)S. The van der Waals surface area contributed by atoms with E-state index < -0.39 is 24.1 Å². The Morgan fingerprint density at radius 2 is 1.73 bits per heavy atom. The molecule has 0 fully saturated rings. The predicted molar refractivity (Wildman–Crippen MR) is 90.1 cm³/mol. The van der Waals surface area contributed by atoms with Gasteiger partial charge in [0.15, 0.2) is 0 Å². The van der Waals surface area contributed by atoms with Crippen LogP contribution in [0.25, 0.3) is 0 Å². The fourth-order valence-electron chi connectivity index (χ4n) is 1.29. The molecule has 0 saturated heterocycles. The Morgan fingerprint density at radius 3 is 2.18 bits per heavy atom. The Bertz CT molecular complexity index is 429. The largest absolute Gasteiger partial charge is 0.437 e. The van der Waals surface area contributed by atoms with Crippen LogP contribution in [-0.2, 0) is 19.1 Å². The zero-order valence-electron chi connectivity index (χ0n) is 12.2. The van der Waals surface area contributed by atoms with Gasteiger partial charge in [0.05, 0.1) is 0 Å². The monoisotopic (exact) mass is 369 g/mol. The first-order chi connectivity index (χ1) is 10.2. The highest BCUT2D eigenvalue weighted by Crippen LogP contribution is 2.05. The molecule has 2 N–H and O–H groups in total. The van der Waals surface area contributed by atoms with Crippen LogP contribution in [0.5, 0.6) is 0 Å². The number of ether oxygens (including phenoxy) is 2. The molecule has 0 aliphatic rings. The van der Waals surface area contributed by atoms with Gasteiger partial charge in [-0.05, 0) is 58.1 Å². The quantitative estimate of drug-likeness (QED) is 0.275. The van der Waals surface area contributed by atoms with Crippen LogP contribution in [0.4, 0.5) is 4.79 Å². The summed E-state index contributed by atoms with van der Waals surface area (Å²) in [4.78, 5) is 35.7. The van der Waals surface area contributed by atoms with E-state index in [4.69, 9.17) is 22.7 Å². The van der Waals surface area contributed by atoms with Gasteiger partial charge in [0.2, 0.25) is 0 Å². The molecule has 0 aromatic rings. The average Bonchev–Trinajstić information content (AvgIpc) is 2.45. The van der Waals surface area contributed by atoms with Gasteiger partial charge in [-0.3, -0.25) is 4.79 Å². The van der Waals surface area contributed by atoms with Crippen LogP contribution < -0.4 is 5.73 Å². The lowest BCUT2D eigenvalue weighted by molar-refractivity contribution is -0.139. The molecule has 0 saturated carbocycles. The average molecular weight is 369 g/mol. The smallest absolute Gasteiger partial charge is 0.398 e. The summed E-state index contributed by atoms with van der Waals surface area (Å²) >= 11 is 12.0. The minimum absolute atomic E-state index is 0.0315. The third-order valence-electron chi connectivity index (χ3n) is 2.54. The number of carbonyl (C=O) groups excluding carboxylic acids is 3. The lowest BCUT2D eigenvalue weighted by atomic mass is 10.2. The van der Waals surface area contributed by atoms with Crippen LogP contribution >= 0.6 is 37.8 Å². The molecule has 0 bridgehead atoms. The van der Waals surface area contributed by atoms with Gasteiger partial charge in [0, 0.05) is 19.5 Å². The predicted octanol–water partition coefficient (Wildman–Crippen LogP) is 0.919. The van der Waals surface area contributed by atoms with Crippen molar-refractivity contribution >= 4 is 61.1 Å². The molecule has 0 aromatic carbocycles. The molecular formula is C11H19N3O5S3. The molecule has 11 heteroatoms. The Kier molecular flexibility index (Phi) is 10.1. The van der Waals surface area contributed by atoms with E-state index in [0.29, 0.717) is 16.8 Å². The summed E-state index contributed by atoms with van der Waals surface area (Å²) in [5.41, 5.74) is 5.60. The molecule has 0 aliphatic carbocycles. The summed E-state index contributed by atoms with van der Waals surface area (Å²) in [6.45, 7) is 4.91. The first-order valence-electron chi connectivity index (χ1n) is 6.41. The molecule has 22 heavy (non-hydrogen) atoms. The van der Waals surface area contributed by atoms with Crippen molar-refractivity contribution in [3.63, 3.8) is 0 Å². The second kappa shape index (κ2) is 10.6. The molecular weight excluding hydrogens is 350 g/mol. The topological polar surface area (TPSA) is 102 Å². The van der Waals surface area contributed by atoms with E-state index in [1.54, 1.807) is 4.90 Å². The molecule has 126 valence electrons. The number of thiol groups is 2. The van der Waals surface area contributed by atoms with Crippen LogP contribution in [0.15, 0.2) is 0 Å². The Labute approximate surface area is 145 Å². The fourth-order valence-corrected chi connectivity index (χ4v) is 1.71. The lowest BCUT2D eigenvalue weighted by Gasteiger charge is -2.21. The van der Waals surface area contributed by atoms with Crippen molar-refractivity contribution in [2.24, 2.45) is 5.73 Å². The number of esters is 2. The van der Waals surface area contributed by atoms with Gasteiger partial charge in [-0.15, -0.1) is 0 Å². The molecule has 0 radical (unpaired) electrons. The van der Waals surface area contributed by atoms with E-state index in [-0.39, 0.29) is 18.0 Å². The van der Waals surface area contributed by atoms with Crippen molar-refractivity contribution in [3.8, 4) is 0 Å². The Balaban J connectivity index is 4.23. The molecule has 0 unspecified atom stereocenters. The van der Waals surface area contributed by atoms with Crippen molar-refractivity contribution in [2.75, 3.05) is 13.1 Å². The van der Waals surface area contributed by atoms with Crippen molar-refractivity contribution in [2.45, 2.75) is 32.7 Å². The van der Waals surface area contributed by atoms with E-state index in [0.717, 1.165) is 0 Å². The van der Waals surface area contributed by atoms with Gasteiger partial charge in [0.25, 0.3) is 5.17 Å². The Hall–Kier alpha value is -1.04. The normalized spacial score (nSPS) is 11.3. The van der Waals surface area contributed by atoms with Crippen LogP contribution in [0.3, 0.4) is 0 Å². The fraction of sp³-hybridized carbons (Fsp3) is 0.636. The molecule has 0 heterocycles. The summed E-state index contributed by atoms with van der Waals surface area (Å²) in [5.74, 6) is -1.60. The number of amides is 1. The van der Waals surface area contributed by atoms with E-state index in [1.165, 1.54) is 0 Å². The van der Waals surface area contributed by atoms with Gasteiger partial charge < -0.3 is 20.1 Å². The van der Waals surface area contributed by atoms with Crippen LogP contribution in [0.2, 0.25) is 0 Å².